The van der Waals surface area contributed by atoms with Crippen LogP contribution < -0.4 is 0 Å². The minimum atomic E-state index is -0.493. The van der Waals surface area contributed by atoms with Crippen molar-refractivity contribution < 1.29 is 23.2 Å². The van der Waals surface area contributed by atoms with Crippen molar-refractivity contribution in [3.63, 3.8) is 0 Å². The Hall–Kier alpha value is -3.16. The minimum absolute atomic E-state index is 0.0238. The topological polar surface area (TPSA) is 67.6 Å². The zero-order valence-electron chi connectivity index (χ0n) is 16.2. The van der Waals surface area contributed by atoms with E-state index in [9.17, 15) is 18.8 Å². The summed E-state index contributed by atoms with van der Waals surface area (Å²) < 4.78 is 19.0. The number of rotatable bonds is 5. The predicted molar refractivity (Wildman–Crippen MR) is 117 cm³/mol. The summed E-state index contributed by atoms with van der Waals surface area (Å²) in [6, 6.07) is 14.2. The second-order valence-corrected chi connectivity index (χ2v) is 8.24. The number of hydrogen-bond donors (Lipinski definition) is 0. The van der Waals surface area contributed by atoms with Crippen molar-refractivity contribution in [1.82, 2.24) is 4.90 Å². The molecule has 0 unspecified atom stereocenters. The number of furan rings is 1. The first-order chi connectivity index (χ1) is 14.8. The molecule has 0 aliphatic carbocycles. The fourth-order valence-corrected chi connectivity index (χ4v) is 4.09. The number of benzene rings is 2. The molecule has 1 fully saturated rings. The third kappa shape index (κ3) is 4.47. The highest BCUT2D eigenvalue weighted by atomic mass is 35.5. The Morgan fingerprint density at radius 1 is 1.13 bits per heavy atom. The van der Waals surface area contributed by atoms with E-state index in [-0.39, 0.29) is 22.3 Å². The number of carbonyl (C=O) groups excluding carboxylic acids is 3. The SMILES string of the molecule is CC(=O)c1ccc(-c2ccc(/C=C3/SC(=O)N(Cc4ccc(F)cc4Cl)C3=O)o2)cc1. The van der Waals surface area contributed by atoms with Crippen molar-refractivity contribution in [2.45, 2.75) is 13.5 Å². The molecule has 1 aliphatic rings. The van der Waals surface area contributed by atoms with Crippen LogP contribution in [0.1, 0.15) is 28.6 Å². The zero-order valence-corrected chi connectivity index (χ0v) is 17.8. The number of thioether (sulfide) groups is 1. The number of amides is 2. The van der Waals surface area contributed by atoms with Crippen LogP contribution in [0.3, 0.4) is 0 Å². The van der Waals surface area contributed by atoms with E-state index in [0.29, 0.717) is 22.6 Å². The van der Waals surface area contributed by atoms with Crippen molar-refractivity contribution in [2.24, 2.45) is 0 Å². The van der Waals surface area contributed by atoms with Crippen LogP contribution in [0.25, 0.3) is 17.4 Å². The third-order valence-corrected chi connectivity index (χ3v) is 5.95. The zero-order chi connectivity index (χ0) is 22.1. The van der Waals surface area contributed by atoms with Gasteiger partial charge in [-0.3, -0.25) is 19.3 Å². The minimum Gasteiger partial charge on any atom is -0.457 e. The molecule has 2 aromatic carbocycles. The Labute approximate surface area is 186 Å². The van der Waals surface area contributed by atoms with Crippen molar-refractivity contribution in [3.05, 3.63) is 87.2 Å². The number of Topliss-reactive ketones (excluding diaryl/α,β-unsaturated/α-hetero) is 1. The van der Waals surface area contributed by atoms with E-state index in [2.05, 4.69) is 0 Å². The van der Waals surface area contributed by atoms with Gasteiger partial charge >= 0.3 is 0 Å². The Bertz CT molecular complexity index is 1230. The molecule has 8 heteroatoms. The molecule has 1 aromatic heterocycles. The molecule has 0 spiro atoms. The highest BCUT2D eigenvalue weighted by Crippen LogP contribution is 2.35. The molecule has 0 saturated carbocycles. The van der Waals surface area contributed by atoms with Crippen molar-refractivity contribution >= 4 is 46.4 Å². The average Bonchev–Trinajstić information content (AvgIpc) is 3.30. The molecule has 0 bridgehead atoms. The summed E-state index contributed by atoms with van der Waals surface area (Å²) in [4.78, 5) is 37.7. The average molecular weight is 456 g/mol. The Kier molecular flexibility index (Phi) is 5.80. The molecule has 0 radical (unpaired) electrons. The molecule has 31 heavy (non-hydrogen) atoms. The van der Waals surface area contributed by atoms with Crippen LogP contribution in [0.15, 0.2) is 63.9 Å². The van der Waals surface area contributed by atoms with Gasteiger partial charge in [0.2, 0.25) is 0 Å². The van der Waals surface area contributed by atoms with Crippen LogP contribution in [0.5, 0.6) is 0 Å². The monoisotopic (exact) mass is 455 g/mol. The lowest BCUT2D eigenvalue weighted by Crippen LogP contribution is -2.27. The summed E-state index contributed by atoms with van der Waals surface area (Å²) >= 11 is 6.81. The van der Waals surface area contributed by atoms with Gasteiger partial charge in [0.25, 0.3) is 11.1 Å². The molecule has 2 amide bonds. The number of imide groups is 1. The fourth-order valence-electron chi connectivity index (χ4n) is 3.04. The maximum Gasteiger partial charge on any atom is 0.293 e. The standard InChI is InChI=1S/C23H15ClFNO4S/c1-13(27)14-2-4-15(5-3-14)20-9-8-18(30-20)11-21-22(28)26(23(29)31-21)12-16-6-7-17(25)10-19(16)24/h2-11H,12H2,1H3/b21-11+. The molecule has 0 N–H and O–H groups in total. The van der Waals surface area contributed by atoms with Crippen LogP contribution in [-0.4, -0.2) is 21.8 Å². The third-order valence-electron chi connectivity index (χ3n) is 4.69. The summed E-state index contributed by atoms with van der Waals surface area (Å²) in [6.07, 6.45) is 1.50. The van der Waals surface area contributed by atoms with E-state index in [1.54, 1.807) is 36.4 Å². The molecule has 4 rings (SSSR count). The molecule has 5 nitrogen and oxygen atoms in total. The lowest BCUT2D eigenvalue weighted by atomic mass is 10.1. The normalized spacial score (nSPS) is 15.2. The number of hydrogen-bond acceptors (Lipinski definition) is 5. The van der Waals surface area contributed by atoms with Crippen LogP contribution in [-0.2, 0) is 11.3 Å². The van der Waals surface area contributed by atoms with Crippen molar-refractivity contribution in [3.8, 4) is 11.3 Å². The fraction of sp³-hybridized carbons (Fsp3) is 0.0870. The van der Waals surface area contributed by atoms with Crippen LogP contribution in [0.2, 0.25) is 5.02 Å². The number of nitrogens with zero attached hydrogens (tertiary/aromatic N) is 1. The molecule has 0 atom stereocenters. The Balaban J connectivity index is 1.52. The molecular weight excluding hydrogens is 441 g/mol. The first-order valence-electron chi connectivity index (χ1n) is 9.22. The maximum absolute atomic E-state index is 13.2. The van der Waals surface area contributed by atoms with Crippen LogP contribution >= 0.6 is 23.4 Å². The second-order valence-electron chi connectivity index (χ2n) is 6.84. The maximum atomic E-state index is 13.2. The van der Waals surface area contributed by atoms with Gasteiger partial charge in [-0.25, -0.2) is 4.39 Å². The highest BCUT2D eigenvalue weighted by Gasteiger charge is 2.35. The van der Waals surface area contributed by atoms with Crippen molar-refractivity contribution in [1.29, 1.82) is 0 Å². The van der Waals surface area contributed by atoms with Gasteiger partial charge in [-0.2, -0.15) is 0 Å². The number of ketones is 1. The van der Waals surface area contributed by atoms with Gasteiger partial charge in [0.1, 0.15) is 17.3 Å². The van der Waals surface area contributed by atoms with E-state index in [1.807, 2.05) is 0 Å². The highest BCUT2D eigenvalue weighted by molar-refractivity contribution is 8.18. The van der Waals surface area contributed by atoms with Gasteiger partial charge < -0.3 is 4.42 Å². The van der Waals surface area contributed by atoms with E-state index in [4.69, 9.17) is 16.0 Å². The van der Waals surface area contributed by atoms with E-state index < -0.39 is 17.0 Å². The van der Waals surface area contributed by atoms with E-state index >= 15 is 0 Å². The largest absolute Gasteiger partial charge is 0.457 e. The summed E-state index contributed by atoms with van der Waals surface area (Å²) in [5.74, 6) is -0.00883. The van der Waals surface area contributed by atoms with Crippen LogP contribution in [0, 0.1) is 5.82 Å². The molecule has 1 saturated heterocycles. The Morgan fingerprint density at radius 2 is 1.87 bits per heavy atom. The van der Waals surface area contributed by atoms with Gasteiger partial charge in [-0.15, -0.1) is 0 Å². The quantitative estimate of drug-likeness (QED) is 0.339. The van der Waals surface area contributed by atoms with Gasteiger partial charge in [0.05, 0.1) is 11.4 Å². The van der Waals surface area contributed by atoms with E-state index in [1.165, 1.54) is 25.1 Å². The molecule has 2 heterocycles. The first-order valence-corrected chi connectivity index (χ1v) is 10.4. The summed E-state index contributed by atoms with van der Waals surface area (Å²) in [5.41, 5.74) is 1.86. The number of halogens is 2. The lowest BCUT2D eigenvalue weighted by molar-refractivity contribution is -0.123. The van der Waals surface area contributed by atoms with Gasteiger partial charge in [-0.05, 0) is 48.5 Å². The van der Waals surface area contributed by atoms with Gasteiger partial charge in [0, 0.05) is 22.2 Å². The predicted octanol–water partition coefficient (Wildman–Crippen LogP) is 6.18. The second kappa shape index (κ2) is 8.53. The summed E-state index contributed by atoms with van der Waals surface area (Å²) in [7, 11) is 0. The van der Waals surface area contributed by atoms with Gasteiger partial charge in [-0.1, -0.05) is 41.9 Å². The number of carbonyl (C=O) groups is 3. The molecular formula is C23H15ClFNO4S. The summed E-state index contributed by atoms with van der Waals surface area (Å²) in [5, 5.41) is -0.294. The molecule has 3 aromatic rings. The molecule has 1 aliphatic heterocycles. The van der Waals surface area contributed by atoms with Crippen LogP contribution in [0.4, 0.5) is 9.18 Å². The lowest BCUT2D eigenvalue weighted by Gasteiger charge is -2.13. The summed E-state index contributed by atoms with van der Waals surface area (Å²) in [6.45, 7) is 1.45. The molecule has 156 valence electrons. The smallest absolute Gasteiger partial charge is 0.293 e. The first kappa shape index (κ1) is 21.1. The van der Waals surface area contributed by atoms with Crippen molar-refractivity contribution in [2.75, 3.05) is 0 Å². The van der Waals surface area contributed by atoms with E-state index in [0.717, 1.165) is 28.3 Å². The van der Waals surface area contributed by atoms with Gasteiger partial charge in [0.15, 0.2) is 5.78 Å². The Morgan fingerprint density at radius 3 is 2.55 bits per heavy atom.